The van der Waals surface area contributed by atoms with E-state index in [1.54, 1.807) is 0 Å². The van der Waals surface area contributed by atoms with Gasteiger partial charge in [-0.15, -0.1) is 0 Å². The molecule has 1 fully saturated rings. The van der Waals surface area contributed by atoms with Crippen LogP contribution >= 0.6 is 0 Å². The third-order valence-corrected chi connectivity index (χ3v) is 3.45. The summed E-state index contributed by atoms with van der Waals surface area (Å²) in [5.74, 6) is 1.59. The monoisotopic (exact) mass is 249 g/mol. The lowest BCUT2D eigenvalue weighted by atomic mass is 9.98. The van der Waals surface area contributed by atoms with Crippen molar-refractivity contribution >= 4 is 6.09 Å². The maximum Gasteiger partial charge on any atom is 0.407 e. The predicted octanol–water partition coefficient (Wildman–Crippen LogP) is 2.17. The molecule has 96 valence electrons. The van der Waals surface area contributed by atoms with Crippen LogP contribution in [0.1, 0.15) is 12.8 Å². The summed E-state index contributed by atoms with van der Waals surface area (Å²) in [6.45, 7) is 1.08. The van der Waals surface area contributed by atoms with E-state index in [4.69, 9.17) is 14.6 Å². The van der Waals surface area contributed by atoms with Crippen LogP contribution in [0.15, 0.2) is 24.3 Å². The van der Waals surface area contributed by atoms with Crippen molar-refractivity contribution in [2.75, 3.05) is 13.1 Å². The SMILES string of the molecule is O=C(O)N1CCCC(C2Oc3ccccc3O2)C1. The van der Waals surface area contributed by atoms with Gasteiger partial charge in [0.15, 0.2) is 11.5 Å². The summed E-state index contributed by atoms with van der Waals surface area (Å²) < 4.78 is 11.5. The molecule has 1 aromatic rings. The Morgan fingerprint density at radius 3 is 2.56 bits per heavy atom. The van der Waals surface area contributed by atoms with Gasteiger partial charge in [-0.25, -0.2) is 4.79 Å². The van der Waals surface area contributed by atoms with Crippen molar-refractivity contribution in [3.8, 4) is 11.5 Å². The van der Waals surface area contributed by atoms with Gasteiger partial charge in [0, 0.05) is 13.1 Å². The molecule has 1 atom stereocenters. The lowest BCUT2D eigenvalue weighted by Crippen LogP contribution is -2.45. The van der Waals surface area contributed by atoms with Crippen LogP contribution < -0.4 is 9.47 Å². The van der Waals surface area contributed by atoms with E-state index in [0.717, 1.165) is 24.3 Å². The maximum absolute atomic E-state index is 11.0. The van der Waals surface area contributed by atoms with Gasteiger partial charge in [-0.05, 0) is 25.0 Å². The fourth-order valence-corrected chi connectivity index (χ4v) is 2.52. The number of carboxylic acid groups (broad SMARTS) is 1. The van der Waals surface area contributed by atoms with Crippen molar-refractivity contribution in [2.24, 2.45) is 5.92 Å². The highest BCUT2D eigenvalue weighted by atomic mass is 16.7. The number of amides is 1. The maximum atomic E-state index is 11.0. The number of ether oxygens (including phenoxy) is 2. The highest BCUT2D eigenvalue weighted by Crippen LogP contribution is 2.37. The Labute approximate surface area is 105 Å². The van der Waals surface area contributed by atoms with E-state index in [1.807, 2.05) is 24.3 Å². The van der Waals surface area contributed by atoms with Crippen LogP contribution in [0, 0.1) is 5.92 Å². The second-order valence-electron chi connectivity index (χ2n) is 4.68. The lowest BCUT2D eigenvalue weighted by molar-refractivity contribution is -0.0292. The normalized spacial score (nSPS) is 23.1. The molecule has 2 aliphatic heterocycles. The summed E-state index contributed by atoms with van der Waals surface area (Å²) in [5.41, 5.74) is 0. The number of hydrogen-bond donors (Lipinski definition) is 1. The van der Waals surface area contributed by atoms with Crippen LogP contribution in [0.5, 0.6) is 11.5 Å². The number of rotatable bonds is 1. The van der Waals surface area contributed by atoms with Gasteiger partial charge < -0.3 is 19.5 Å². The van der Waals surface area contributed by atoms with Gasteiger partial charge in [-0.2, -0.15) is 0 Å². The molecule has 5 nitrogen and oxygen atoms in total. The molecule has 2 aliphatic rings. The minimum Gasteiger partial charge on any atom is -0.465 e. The summed E-state index contributed by atoms with van der Waals surface area (Å²) in [6, 6.07) is 7.53. The van der Waals surface area contributed by atoms with E-state index < -0.39 is 6.09 Å². The van der Waals surface area contributed by atoms with Crippen LogP contribution in [0.3, 0.4) is 0 Å². The van der Waals surface area contributed by atoms with E-state index in [1.165, 1.54) is 4.90 Å². The van der Waals surface area contributed by atoms with Crippen LogP contribution in [-0.4, -0.2) is 35.5 Å². The molecule has 1 N–H and O–H groups in total. The molecule has 0 spiro atoms. The average molecular weight is 249 g/mol. The van der Waals surface area contributed by atoms with Crippen LogP contribution in [-0.2, 0) is 0 Å². The molecule has 18 heavy (non-hydrogen) atoms. The van der Waals surface area contributed by atoms with Crippen molar-refractivity contribution < 1.29 is 19.4 Å². The fourth-order valence-electron chi connectivity index (χ4n) is 2.52. The van der Waals surface area contributed by atoms with Crippen LogP contribution in [0.25, 0.3) is 0 Å². The Bertz CT molecular complexity index is 437. The molecular weight excluding hydrogens is 234 g/mol. The first-order chi connectivity index (χ1) is 8.74. The van der Waals surface area contributed by atoms with Gasteiger partial charge in [-0.3, -0.25) is 0 Å². The van der Waals surface area contributed by atoms with E-state index in [2.05, 4.69) is 0 Å². The second kappa shape index (κ2) is 4.40. The third kappa shape index (κ3) is 1.96. The highest BCUT2D eigenvalue weighted by molar-refractivity contribution is 5.65. The Morgan fingerprint density at radius 1 is 1.28 bits per heavy atom. The van der Waals surface area contributed by atoms with E-state index in [-0.39, 0.29) is 12.2 Å². The largest absolute Gasteiger partial charge is 0.465 e. The zero-order valence-electron chi connectivity index (χ0n) is 9.91. The number of carbonyl (C=O) groups is 1. The minimum absolute atomic E-state index is 0.0993. The summed E-state index contributed by atoms with van der Waals surface area (Å²) in [7, 11) is 0. The zero-order valence-corrected chi connectivity index (χ0v) is 9.91. The number of para-hydroxylation sites is 2. The Hall–Kier alpha value is -1.91. The highest BCUT2D eigenvalue weighted by Gasteiger charge is 2.35. The second-order valence-corrected chi connectivity index (χ2v) is 4.68. The Morgan fingerprint density at radius 2 is 1.94 bits per heavy atom. The summed E-state index contributed by atoms with van der Waals surface area (Å²) in [5, 5.41) is 9.02. The predicted molar refractivity (Wildman–Crippen MR) is 63.8 cm³/mol. The molecule has 1 aromatic carbocycles. The summed E-state index contributed by atoms with van der Waals surface area (Å²) >= 11 is 0. The lowest BCUT2D eigenvalue weighted by Gasteiger charge is -2.32. The molecule has 3 rings (SSSR count). The molecular formula is C13H15NO4. The smallest absolute Gasteiger partial charge is 0.407 e. The quantitative estimate of drug-likeness (QED) is 0.828. The number of fused-ring (bicyclic) bond motifs is 1. The molecule has 0 saturated carbocycles. The molecule has 0 bridgehead atoms. The first-order valence-electron chi connectivity index (χ1n) is 6.14. The molecule has 1 amide bonds. The van der Waals surface area contributed by atoms with Crippen molar-refractivity contribution in [1.29, 1.82) is 0 Å². The topological polar surface area (TPSA) is 59.0 Å². The molecule has 1 unspecified atom stereocenters. The van der Waals surface area contributed by atoms with Gasteiger partial charge >= 0.3 is 6.09 Å². The third-order valence-electron chi connectivity index (χ3n) is 3.45. The number of hydrogen-bond acceptors (Lipinski definition) is 3. The van der Waals surface area contributed by atoms with Gasteiger partial charge in [0.25, 0.3) is 0 Å². The van der Waals surface area contributed by atoms with Crippen molar-refractivity contribution in [3.63, 3.8) is 0 Å². The van der Waals surface area contributed by atoms with Crippen LogP contribution in [0.4, 0.5) is 4.79 Å². The number of nitrogens with zero attached hydrogens (tertiary/aromatic N) is 1. The zero-order chi connectivity index (χ0) is 12.5. The molecule has 0 radical (unpaired) electrons. The van der Waals surface area contributed by atoms with E-state index >= 15 is 0 Å². The van der Waals surface area contributed by atoms with Gasteiger partial charge in [-0.1, -0.05) is 12.1 Å². The molecule has 5 heteroatoms. The Balaban J connectivity index is 1.69. The fraction of sp³-hybridized carbons (Fsp3) is 0.462. The first kappa shape index (κ1) is 11.2. The average Bonchev–Trinajstić information content (AvgIpc) is 2.82. The summed E-state index contributed by atoms with van der Waals surface area (Å²) in [4.78, 5) is 12.4. The minimum atomic E-state index is -0.866. The van der Waals surface area contributed by atoms with Gasteiger partial charge in [0.05, 0.1) is 5.92 Å². The summed E-state index contributed by atoms with van der Waals surface area (Å²) in [6.07, 6.45) is 0.568. The molecule has 0 aromatic heterocycles. The van der Waals surface area contributed by atoms with Crippen molar-refractivity contribution in [2.45, 2.75) is 19.1 Å². The number of piperidine rings is 1. The first-order valence-corrected chi connectivity index (χ1v) is 6.14. The standard InChI is InChI=1S/C13H15NO4/c15-13(16)14-7-3-4-9(8-14)12-17-10-5-1-2-6-11(10)18-12/h1-2,5-6,9,12H,3-4,7-8H2,(H,15,16). The number of benzene rings is 1. The van der Waals surface area contributed by atoms with E-state index in [9.17, 15) is 4.79 Å². The van der Waals surface area contributed by atoms with Crippen LogP contribution in [0.2, 0.25) is 0 Å². The van der Waals surface area contributed by atoms with Gasteiger partial charge in [0.1, 0.15) is 0 Å². The molecule has 0 aliphatic carbocycles. The van der Waals surface area contributed by atoms with Crippen molar-refractivity contribution in [3.05, 3.63) is 24.3 Å². The molecule has 2 heterocycles. The Kier molecular flexibility index (Phi) is 2.74. The van der Waals surface area contributed by atoms with E-state index in [0.29, 0.717) is 13.1 Å². The van der Waals surface area contributed by atoms with Gasteiger partial charge in [0.2, 0.25) is 6.29 Å². The van der Waals surface area contributed by atoms with Crippen molar-refractivity contribution in [1.82, 2.24) is 4.90 Å². The number of likely N-dealkylation sites (tertiary alicyclic amines) is 1. The molecule has 1 saturated heterocycles.